The Balaban J connectivity index is 2.00. The van der Waals surface area contributed by atoms with Crippen molar-refractivity contribution in [2.75, 3.05) is 13.2 Å². The van der Waals surface area contributed by atoms with E-state index in [-0.39, 0.29) is 6.10 Å². The number of aliphatic hydroxyl groups excluding tert-OH is 1. The summed E-state index contributed by atoms with van der Waals surface area (Å²) in [5.74, 6) is 1.33. The standard InChI is InChI=1S/C12H24O2/c1-10(2)6-7-14-9-11-4-3-5-12(13)8-11/h10-13H,3-9H2,1-2H3. The van der Waals surface area contributed by atoms with Crippen molar-refractivity contribution in [2.45, 2.75) is 52.1 Å². The number of hydrogen-bond donors (Lipinski definition) is 1. The number of ether oxygens (including phenoxy) is 1. The second-order valence-electron chi connectivity index (χ2n) is 4.94. The molecule has 2 unspecified atom stereocenters. The van der Waals surface area contributed by atoms with Gasteiger partial charge in [-0.1, -0.05) is 20.3 Å². The molecular weight excluding hydrogens is 176 g/mol. The van der Waals surface area contributed by atoms with Crippen molar-refractivity contribution < 1.29 is 9.84 Å². The molecule has 1 saturated carbocycles. The van der Waals surface area contributed by atoms with Crippen LogP contribution in [0.3, 0.4) is 0 Å². The van der Waals surface area contributed by atoms with Crippen LogP contribution >= 0.6 is 0 Å². The highest BCUT2D eigenvalue weighted by Crippen LogP contribution is 2.24. The lowest BCUT2D eigenvalue weighted by molar-refractivity contribution is 0.0380. The molecule has 2 nitrogen and oxygen atoms in total. The van der Waals surface area contributed by atoms with Gasteiger partial charge in [0.15, 0.2) is 0 Å². The molecule has 1 aliphatic carbocycles. The van der Waals surface area contributed by atoms with Crippen molar-refractivity contribution >= 4 is 0 Å². The van der Waals surface area contributed by atoms with Gasteiger partial charge >= 0.3 is 0 Å². The zero-order chi connectivity index (χ0) is 10.4. The molecule has 1 rings (SSSR count). The maximum atomic E-state index is 9.47. The maximum Gasteiger partial charge on any atom is 0.0543 e. The van der Waals surface area contributed by atoms with Gasteiger partial charge in [0.25, 0.3) is 0 Å². The molecule has 0 aromatic carbocycles. The normalized spacial score (nSPS) is 28.3. The summed E-state index contributed by atoms with van der Waals surface area (Å²) in [6.45, 7) is 6.16. The van der Waals surface area contributed by atoms with Crippen molar-refractivity contribution in [3.63, 3.8) is 0 Å². The second kappa shape index (κ2) is 6.41. The topological polar surface area (TPSA) is 29.5 Å². The SMILES string of the molecule is CC(C)CCOCC1CCCC(O)C1. The first-order valence-corrected chi connectivity index (χ1v) is 5.94. The van der Waals surface area contributed by atoms with Crippen molar-refractivity contribution in [2.24, 2.45) is 11.8 Å². The van der Waals surface area contributed by atoms with Crippen LogP contribution in [0.1, 0.15) is 46.0 Å². The number of hydrogen-bond acceptors (Lipinski definition) is 2. The molecule has 1 N–H and O–H groups in total. The van der Waals surface area contributed by atoms with Gasteiger partial charge in [0.1, 0.15) is 0 Å². The summed E-state index contributed by atoms with van der Waals surface area (Å²) >= 11 is 0. The smallest absolute Gasteiger partial charge is 0.0543 e. The Morgan fingerprint density at radius 2 is 2.14 bits per heavy atom. The summed E-state index contributed by atoms with van der Waals surface area (Å²) in [5.41, 5.74) is 0. The highest BCUT2D eigenvalue weighted by atomic mass is 16.5. The Kier molecular flexibility index (Phi) is 5.49. The van der Waals surface area contributed by atoms with Crippen molar-refractivity contribution in [1.82, 2.24) is 0 Å². The average molecular weight is 200 g/mol. The van der Waals surface area contributed by atoms with E-state index in [0.717, 1.165) is 38.4 Å². The predicted octanol–water partition coefficient (Wildman–Crippen LogP) is 2.60. The first kappa shape index (κ1) is 12.0. The van der Waals surface area contributed by atoms with Crippen molar-refractivity contribution in [3.05, 3.63) is 0 Å². The average Bonchev–Trinajstić information content (AvgIpc) is 2.12. The third kappa shape index (κ3) is 4.97. The molecule has 2 heteroatoms. The van der Waals surface area contributed by atoms with E-state index in [1.165, 1.54) is 12.8 Å². The van der Waals surface area contributed by atoms with Crippen molar-refractivity contribution in [1.29, 1.82) is 0 Å². The zero-order valence-electron chi connectivity index (χ0n) is 9.54. The molecule has 2 atom stereocenters. The van der Waals surface area contributed by atoms with Crippen LogP contribution in [0.5, 0.6) is 0 Å². The third-order valence-corrected chi connectivity index (χ3v) is 2.95. The van der Waals surface area contributed by atoms with Crippen LogP contribution in [-0.4, -0.2) is 24.4 Å². The van der Waals surface area contributed by atoms with Gasteiger partial charge in [0.2, 0.25) is 0 Å². The van der Waals surface area contributed by atoms with E-state index in [0.29, 0.717) is 5.92 Å². The summed E-state index contributed by atoms with van der Waals surface area (Å²) < 4.78 is 5.62. The third-order valence-electron chi connectivity index (χ3n) is 2.95. The lowest BCUT2D eigenvalue weighted by atomic mass is 9.88. The molecule has 84 valence electrons. The van der Waals surface area contributed by atoms with E-state index < -0.39 is 0 Å². The first-order chi connectivity index (χ1) is 6.68. The molecule has 1 fully saturated rings. The van der Waals surface area contributed by atoms with Crippen LogP contribution < -0.4 is 0 Å². The summed E-state index contributed by atoms with van der Waals surface area (Å²) in [7, 11) is 0. The quantitative estimate of drug-likeness (QED) is 0.691. The highest BCUT2D eigenvalue weighted by molar-refractivity contribution is 4.71. The second-order valence-corrected chi connectivity index (χ2v) is 4.94. The molecule has 14 heavy (non-hydrogen) atoms. The van der Waals surface area contributed by atoms with E-state index >= 15 is 0 Å². The van der Waals surface area contributed by atoms with E-state index in [2.05, 4.69) is 13.8 Å². The van der Waals surface area contributed by atoms with Crippen LogP contribution in [0, 0.1) is 11.8 Å². The lowest BCUT2D eigenvalue weighted by Crippen LogP contribution is -2.23. The molecule has 0 radical (unpaired) electrons. The Hall–Kier alpha value is -0.0800. The van der Waals surface area contributed by atoms with Gasteiger partial charge in [-0.3, -0.25) is 0 Å². The molecule has 0 saturated heterocycles. The molecule has 0 aliphatic heterocycles. The van der Waals surface area contributed by atoms with E-state index in [1.807, 2.05) is 0 Å². The summed E-state index contributed by atoms with van der Waals surface area (Å²) in [5, 5.41) is 9.47. The first-order valence-electron chi connectivity index (χ1n) is 5.94. The van der Waals surface area contributed by atoms with E-state index in [9.17, 15) is 5.11 Å². The monoisotopic (exact) mass is 200 g/mol. The number of rotatable bonds is 5. The number of aliphatic hydroxyl groups is 1. The molecular formula is C12H24O2. The molecule has 0 aromatic heterocycles. The summed E-state index contributed by atoms with van der Waals surface area (Å²) in [6, 6.07) is 0. The minimum Gasteiger partial charge on any atom is -0.393 e. The Labute approximate surface area is 87.7 Å². The fourth-order valence-corrected chi connectivity index (χ4v) is 1.98. The van der Waals surface area contributed by atoms with Gasteiger partial charge in [-0.25, -0.2) is 0 Å². The van der Waals surface area contributed by atoms with Crippen LogP contribution in [0.15, 0.2) is 0 Å². The van der Waals surface area contributed by atoms with Crippen LogP contribution in [0.2, 0.25) is 0 Å². The summed E-state index contributed by atoms with van der Waals surface area (Å²) in [4.78, 5) is 0. The van der Waals surface area contributed by atoms with E-state index in [1.54, 1.807) is 0 Å². The van der Waals surface area contributed by atoms with E-state index in [4.69, 9.17) is 4.74 Å². The van der Waals surface area contributed by atoms with Crippen LogP contribution in [0.4, 0.5) is 0 Å². The van der Waals surface area contributed by atoms with Crippen LogP contribution in [0.25, 0.3) is 0 Å². The zero-order valence-corrected chi connectivity index (χ0v) is 9.54. The Bertz CT molecular complexity index is 145. The van der Waals surface area contributed by atoms with Gasteiger partial charge in [0.05, 0.1) is 6.10 Å². The van der Waals surface area contributed by atoms with Gasteiger partial charge in [-0.05, 0) is 37.5 Å². The van der Waals surface area contributed by atoms with Gasteiger partial charge in [0, 0.05) is 13.2 Å². The fourth-order valence-electron chi connectivity index (χ4n) is 1.98. The Morgan fingerprint density at radius 1 is 1.36 bits per heavy atom. The Morgan fingerprint density at radius 3 is 2.79 bits per heavy atom. The minimum atomic E-state index is -0.0672. The fraction of sp³-hybridized carbons (Fsp3) is 1.00. The molecule has 0 amide bonds. The molecule has 0 aromatic rings. The predicted molar refractivity (Wildman–Crippen MR) is 58.2 cm³/mol. The lowest BCUT2D eigenvalue weighted by Gasteiger charge is -2.25. The summed E-state index contributed by atoms with van der Waals surface area (Å²) in [6.07, 6.45) is 5.42. The molecule has 0 heterocycles. The molecule has 0 bridgehead atoms. The van der Waals surface area contributed by atoms with Crippen LogP contribution in [-0.2, 0) is 4.74 Å². The van der Waals surface area contributed by atoms with Gasteiger partial charge in [-0.15, -0.1) is 0 Å². The minimum absolute atomic E-state index is 0.0672. The maximum absolute atomic E-state index is 9.47. The highest BCUT2D eigenvalue weighted by Gasteiger charge is 2.19. The van der Waals surface area contributed by atoms with Crippen molar-refractivity contribution in [3.8, 4) is 0 Å². The largest absolute Gasteiger partial charge is 0.393 e. The van der Waals surface area contributed by atoms with Gasteiger partial charge in [-0.2, -0.15) is 0 Å². The molecule has 0 spiro atoms. The van der Waals surface area contributed by atoms with Gasteiger partial charge < -0.3 is 9.84 Å². The molecule has 1 aliphatic rings.